The first-order valence-corrected chi connectivity index (χ1v) is 6.28. The number of hydrogen-bond donors (Lipinski definition) is 0. The average Bonchev–Trinajstić information content (AvgIpc) is 2.41. The Morgan fingerprint density at radius 1 is 0.833 bits per heavy atom. The van der Waals surface area contributed by atoms with Crippen molar-refractivity contribution in [3.05, 3.63) is 71.5 Å². The van der Waals surface area contributed by atoms with Crippen molar-refractivity contribution in [2.45, 2.75) is 20.0 Å². The predicted molar refractivity (Wildman–Crippen MR) is 72.6 cm³/mol. The van der Waals surface area contributed by atoms with Crippen LogP contribution in [0.25, 0.3) is 0 Å². The van der Waals surface area contributed by atoms with Crippen molar-refractivity contribution in [2.75, 3.05) is 6.54 Å². The molecule has 0 spiro atoms. The topological polar surface area (TPSA) is 3.24 Å². The van der Waals surface area contributed by atoms with Crippen molar-refractivity contribution in [3.63, 3.8) is 0 Å². The molecule has 2 aromatic carbocycles. The summed E-state index contributed by atoms with van der Waals surface area (Å²) in [7, 11) is 0. The van der Waals surface area contributed by atoms with Crippen molar-refractivity contribution >= 4 is 0 Å². The minimum Gasteiger partial charge on any atom is -0.295 e. The van der Waals surface area contributed by atoms with E-state index < -0.39 is 0 Å². The normalized spacial score (nSPS) is 10.8. The lowest BCUT2D eigenvalue weighted by molar-refractivity contribution is 0.271. The van der Waals surface area contributed by atoms with E-state index in [-0.39, 0.29) is 5.82 Å². The molecule has 0 bridgehead atoms. The van der Waals surface area contributed by atoms with Gasteiger partial charge in [0, 0.05) is 13.1 Å². The summed E-state index contributed by atoms with van der Waals surface area (Å²) in [5.41, 5.74) is 2.45. The molecule has 0 amide bonds. The fraction of sp³-hybridized carbons (Fsp3) is 0.250. The Kier molecular flexibility index (Phi) is 4.48. The van der Waals surface area contributed by atoms with E-state index in [0.717, 1.165) is 25.2 Å². The third-order valence-electron chi connectivity index (χ3n) is 3.02. The van der Waals surface area contributed by atoms with Gasteiger partial charge in [-0.25, -0.2) is 4.39 Å². The highest BCUT2D eigenvalue weighted by atomic mass is 19.1. The van der Waals surface area contributed by atoms with Crippen molar-refractivity contribution in [3.8, 4) is 0 Å². The van der Waals surface area contributed by atoms with E-state index in [2.05, 4.69) is 36.1 Å². The molecule has 0 N–H and O–H groups in total. The first-order valence-electron chi connectivity index (χ1n) is 6.28. The molecule has 2 rings (SSSR count). The van der Waals surface area contributed by atoms with Gasteiger partial charge in [0.25, 0.3) is 0 Å². The van der Waals surface area contributed by atoms with E-state index in [1.54, 1.807) is 0 Å². The van der Waals surface area contributed by atoms with E-state index in [0.29, 0.717) is 0 Å². The zero-order chi connectivity index (χ0) is 12.8. The summed E-state index contributed by atoms with van der Waals surface area (Å²) in [6, 6.07) is 17.1. The van der Waals surface area contributed by atoms with Gasteiger partial charge in [0.15, 0.2) is 0 Å². The molecule has 0 heterocycles. The van der Waals surface area contributed by atoms with Gasteiger partial charge in [0.05, 0.1) is 0 Å². The van der Waals surface area contributed by atoms with Gasteiger partial charge in [0.2, 0.25) is 0 Å². The average molecular weight is 243 g/mol. The number of hydrogen-bond acceptors (Lipinski definition) is 1. The molecule has 0 atom stereocenters. The molecular formula is C16H18FN. The Morgan fingerprint density at radius 3 is 1.94 bits per heavy atom. The van der Waals surface area contributed by atoms with E-state index in [4.69, 9.17) is 0 Å². The monoisotopic (exact) mass is 243 g/mol. The molecule has 0 aliphatic carbocycles. The maximum atomic E-state index is 12.8. The van der Waals surface area contributed by atoms with Gasteiger partial charge in [0.1, 0.15) is 5.82 Å². The smallest absolute Gasteiger partial charge is 0.123 e. The van der Waals surface area contributed by atoms with Crippen molar-refractivity contribution in [1.82, 2.24) is 4.90 Å². The third-order valence-corrected chi connectivity index (χ3v) is 3.02. The zero-order valence-corrected chi connectivity index (χ0v) is 10.6. The maximum absolute atomic E-state index is 12.8. The third kappa shape index (κ3) is 3.67. The second-order valence-corrected chi connectivity index (χ2v) is 4.42. The molecule has 0 aliphatic rings. The summed E-state index contributed by atoms with van der Waals surface area (Å²) in [5, 5.41) is 0. The number of rotatable bonds is 5. The molecule has 0 radical (unpaired) electrons. The molecular weight excluding hydrogens is 225 g/mol. The molecule has 0 aliphatic heterocycles. The molecule has 2 aromatic rings. The Labute approximate surface area is 108 Å². The summed E-state index contributed by atoms with van der Waals surface area (Å²) in [4.78, 5) is 2.34. The molecule has 18 heavy (non-hydrogen) atoms. The second kappa shape index (κ2) is 6.31. The van der Waals surface area contributed by atoms with Crippen LogP contribution in [0.3, 0.4) is 0 Å². The molecule has 0 unspecified atom stereocenters. The zero-order valence-electron chi connectivity index (χ0n) is 10.6. The lowest BCUT2D eigenvalue weighted by Gasteiger charge is -2.20. The second-order valence-electron chi connectivity index (χ2n) is 4.42. The first-order chi connectivity index (χ1) is 8.78. The van der Waals surface area contributed by atoms with Gasteiger partial charge in [-0.05, 0) is 29.8 Å². The highest BCUT2D eigenvalue weighted by Crippen LogP contribution is 2.10. The Balaban J connectivity index is 1.99. The minimum absolute atomic E-state index is 0.176. The van der Waals surface area contributed by atoms with Crippen LogP contribution in [-0.4, -0.2) is 11.4 Å². The summed E-state index contributed by atoms with van der Waals surface area (Å²) in [6.07, 6.45) is 0. The lowest BCUT2D eigenvalue weighted by Crippen LogP contribution is -2.22. The standard InChI is InChI=1S/C16H18FN/c1-2-18(12-14-6-4-3-5-7-14)13-15-8-10-16(17)11-9-15/h3-11H,2,12-13H2,1H3. The van der Waals surface area contributed by atoms with Gasteiger partial charge in [-0.2, -0.15) is 0 Å². The molecule has 0 saturated heterocycles. The van der Waals surface area contributed by atoms with E-state index in [1.165, 1.54) is 17.7 Å². The summed E-state index contributed by atoms with van der Waals surface area (Å²) in [6.45, 7) is 4.90. The van der Waals surface area contributed by atoms with Crippen LogP contribution in [-0.2, 0) is 13.1 Å². The Bertz CT molecular complexity index is 464. The van der Waals surface area contributed by atoms with E-state index >= 15 is 0 Å². The SMILES string of the molecule is CCN(Cc1ccccc1)Cc1ccc(F)cc1. The van der Waals surface area contributed by atoms with Crippen LogP contribution in [0.5, 0.6) is 0 Å². The van der Waals surface area contributed by atoms with Gasteiger partial charge >= 0.3 is 0 Å². The van der Waals surface area contributed by atoms with Gasteiger partial charge in [-0.1, -0.05) is 49.4 Å². The van der Waals surface area contributed by atoms with Crippen molar-refractivity contribution in [1.29, 1.82) is 0 Å². The van der Waals surface area contributed by atoms with Crippen LogP contribution < -0.4 is 0 Å². The molecule has 2 heteroatoms. The molecule has 0 aromatic heterocycles. The fourth-order valence-corrected chi connectivity index (χ4v) is 1.97. The first kappa shape index (κ1) is 12.8. The summed E-state index contributed by atoms with van der Waals surface area (Å²) >= 11 is 0. The van der Waals surface area contributed by atoms with Crippen LogP contribution in [0.1, 0.15) is 18.1 Å². The van der Waals surface area contributed by atoms with Gasteiger partial charge in [-0.15, -0.1) is 0 Å². The number of halogens is 1. The fourth-order valence-electron chi connectivity index (χ4n) is 1.97. The van der Waals surface area contributed by atoms with Gasteiger partial charge in [-0.3, -0.25) is 4.90 Å². The summed E-state index contributed by atoms with van der Waals surface area (Å²) < 4.78 is 12.8. The lowest BCUT2D eigenvalue weighted by atomic mass is 10.1. The predicted octanol–water partition coefficient (Wildman–Crippen LogP) is 3.85. The maximum Gasteiger partial charge on any atom is 0.123 e. The molecule has 0 fully saturated rings. The minimum atomic E-state index is -0.176. The highest BCUT2D eigenvalue weighted by molar-refractivity contribution is 5.17. The Morgan fingerprint density at radius 2 is 1.39 bits per heavy atom. The molecule has 0 saturated carbocycles. The quantitative estimate of drug-likeness (QED) is 0.771. The van der Waals surface area contributed by atoms with Crippen LogP contribution >= 0.6 is 0 Å². The van der Waals surface area contributed by atoms with Crippen LogP contribution in [0.4, 0.5) is 4.39 Å². The molecule has 1 nitrogen and oxygen atoms in total. The van der Waals surface area contributed by atoms with Crippen LogP contribution in [0, 0.1) is 5.82 Å². The van der Waals surface area contributed by atoms with E-state index in [9.17, 15) is 4.39 Å². The van der Waals surface area contributed by atoms with Crippen molar-refractivity contribution in [2.24, 2.45) is 0 Å². The van der Waals surface area contributed by atoms with Crippen molar-refractivity contribution < 1.29 is 4.39 Å². The summed E-state index contributed by atoms with van der Waals surface area (Å²) in [5.74, 6) is -0.176. The Hall–Kier alpha value is -1.67. The molecule has 94 valence electrons. The van der Waals surface area contributed by atoms with Crippen LogP contribution in [0.15, 0.2) is 54.6 Å². The van der Waals surface area contributed by atoms with Gasteiger partial charge < -0.3 is 0 Å². The van der Waals surface area contributed by atoms with Crippen LogP contribution in [0.2, 0.25) is 0 Å². The largest absolute Gasteiger partial charge is 0.295 e. The number of benzene rings is 2. The van der Waals surface area contributed by atoms with E-state index in [1.807, 2.05) is 18.2 Å². The highest BCUT2D eigenvalue weighted by Gasteiger charge is 2.04. The number of nitrogens with zero attached hydrogens (tertiary/aromatic N) is 1.